The van der Waals surface area contributed by atoms with Crippen LogP contribution in [0, 0.1) is 11.8 Å². The van der Waals surface area contributed by atoms with Gasteiger partial charge in [-0.05, 0) is 45.6 Å². The molecule has 1 aliphatic heterocycles. The van der Waals surface area contributed by atoms with Crippen molar-refractivity contribution < 1.29 is 14.7 Å². The largest absolute Gasteiger partial charge is 0.480 e. The Morgan fingerprint density at radius 2 is 2.10 bits per heavy atom. The maximum absolute atomic E-state index is 12.3. The normalized spacial score (nSPS) is 28.2. The summed E-state index contributed by atoms with van der Waals surface area (Å²) in [7, 11) is 2.01. The van der Waals surface area contributed by atoms with Crippen molar-refractivity contribution >= 4 is 12.0 Å². The zero-order valence-corrected chi connectivity index (χ0v) is 13.2. The number of likely N-dealkylation sites (N-methyl/N-ethyl adjacent to an activating group) is 1. The second kappa shape index (κ2) is 6.64. The van der Waals surface area contributed by atoms with Crippen LogP contribution in [0.3, 0.4) is 0 Å². The molecular weight excluding hydrogens is 270 g/mol. The minimum Gasteiger partial charge on any atom is -0.480 e. The Morgan fingerprint density at radius 1 is 1.38 bits per heavy atom. The van der Waals surface area contributed by atoms with Crippen LogP contribution >= 0.6 is 0 Å². The summed E-state index contributed by atoms with van der Waals surface area (Å²) in [5.74, 6) is -0.347. The van der Waals surface area contributed by atoms with Crippen LogP contribution in [0.5, 0.6) is 0 Å². The molecule has 0 radical (unpaired) electrons. The molecule has 0 aromatic rings. The van der Waals surface area contributed by atoms with Gasteiger partial charge in [0.05, 0.1) is 0 Å². The summed E-state index contributed by atoms with van der Waals surface area (Å²) in [4.78, 5) is 27.5. The van der Waals surface area contributed by atoms with E-state index in [-0.39, 0.29) is 11.9 Å². The molecule has 0 aromatic carbocycles. The van der Waals surface area contributed by atoms with Gasteiger partial charge in [0.1, 0.15) is 6.04 Å². The molecule has 0 aromatic heterocycles. The molecular formula is C15H27N3O3. The van der Waals surface area contributed by atoms with E-state index in [4.69, 9.17) is 0 Å². The Balaban J connectivity index is 1.88. The second-order valence-corrected chi connectivity index (χ2v) is 6.60. The number of rotatable bonds is 5. The second-order valence-electron chi connectivity index (χ2n) is 6.60. The molecule has 3 atom stereocenters. The van der Waals surface area contributed by atoms with Gasteiger partial charge >= 0.3 is 12.0 Å². The van der Waals surface area contributed by atoms with Crippen molar-refractivity contribution in [3.8, 4) is 0 Å². The summed E-state index contributed by atoms with van der Waals surface area (Å²) >= 11 is 0. The Kier molecular flexibility index (Phi) is 5.08. The number of carboxylic acid groups (broad SMARTS) is 1. The third kappa shape index (κ3) is 3.48. The fourth-order valence-electron chi connectivity index (χ4n) is 3.53. The molecule has 0 bridgehead atoms. The van der Waals surface area contributed by atoms with Crippen molar-refractivity contribution in [3.63, 3.8) is 0 Å². The summed E-state index contributed by atoms with van der Waals surface area (Å²) in [6.45, 7) is 6.11. The van der Waals surface area contributed by atoms with E-state index in [1.165, 1.54) is 4.90 Å². The third-order valence-electron chi connectivity index (χ3n) is 5.03. The first-order chi connectivity index (χ1) is 9.91. The van der Waals surface area contributed by atoms with Crippen LogP contribution in [-0.2, 0) is 4.79 Å². The number of hydrogen-bond donors (Lipinski definition) is 2. The fourth-order valence-corrected chi connectivity index (χ4v) is 3.53. The van der Waals surface area contributed by atoms with Gasteiger partial charge in [-0.1, -0.05) is 6.42 Å². The first-order valence-corrected chi connectivity index (χ1v) is 7.89. The molecule has 0 spiro atoms. The van der Waals surface area contributed by atoms with Crippen LogP contribution in [0.25, 0.3) is 0 Å². The lowest BCUT2D eigenvalue weighted by Gasteiger charge is -2.26. The van der Waals surface area contributed by atoms with Gasteiger partial charge < -0.3 is 20.2 Å². The number of amides is 2. The molecule has 2 rings (SSSR count). The monoisotopic (exact) mass is 297 g/mol. The zero-order valence-electron chi connectivity index (χ0n) is 13.2. The van der Waals surface area contributed by atoms with Gasteiger partial charge in [0.2, 0.25) is 0 Å². The molecule has 1 saturated carbocycles. The predicted molar refractivity (Wildman–Crippen MR) is 80.1 cm³/mol. The zero-order chi connectivity index (χ0) is 15.6. The highest BCUT2D eigenvalue weighted by Gasteiger charge is 2.49. The maximum atomic E-state index is 12.3. The van der Waals surface area contributed by atoms with E-state index in [1.54, 1.807) is 0 Å². The lowest BCUT2D eigenvalue weighted by molar-refractivity contribution is -0.142. The quantitative estimate of drug-likeness (QED) is 0.800. The summed E-state index contributed by atoms with van der Waals surface area (Å²) < 4.78 is 0. The SMILES string of the molecule is CC(C)N(C)CCNC(=O)N1CC2CCCC2C1C(=O)O. The average molecular weight is 297 g/mol. The number of carbonyl (C=O) groups is 2. The van der Waals surface area contributed by atoms with Crippen LogP contribution in [0.2, 0.25) is 0 Å². The lowest BCUT2D eigenvalue weighted by atomic mass is 9.94. The van der Waals surface area contributed by atoms with E-state index in [2.05, 4.69) is 24.1 Å². The van der Waals surface area contributed by atoms with Gasteiger partial charge in [-0.15, -0.1) is 0 Å². The Labute approximate surface area is 126 Å². The number of carboxylic acids is 1. The average Bonchev–Trinajstić information content (AvgIpc) is 2.97. The van der Waals surface area contributed by atoms with Gasteiger partial charge in [-0.3, -0.25) is 0 Å². The van der Waals surface area contributed by atoms with Gasteiger partial charge in [-0.25, -0.2) is 9.59 Å². The number of nitrogens with zero attached hydrogens (tertiary/aromatic N) is 2. The van der Waals surface area contributed by atoms with E-state index >= 15 is 0 Å². The lowest BCUT2D eigenvalue weighted by Crippen LogP contribution is -2.49. The predicted octanol–water partition coefficient (Wildman–Crippen LogP) is 1.22. The summed E-state index contributed by atoms with van der Waals surface area (Å²) in [6, 6.07) is -0.436. The molecule has 2 aliphatic rings. The number of carbonyl (C=O) groups excluding carboxylic acids is 1. The number of fused-ring (bicyclic) bond motifs is 1. The van der Waals surface area contributed by atoms with E-state index in [1.807, 2.05) is 7.05 Å². The van der Waals surface area contributed by atoms with Gasteiger partial charge in [0.25, 0.3) is 0 Å². The van der Waals surface area contributed by atoms with Gasteiger partial charge in [0.15, 0.2) is 0 Å². The molecule has 120 valence electrons. The topological polar surface area (TPSA) is 72.9 Å². The van der Waals surface area contributed by atoms with E-state index in [0.717, 1.165) is 25.8 Å². The molecule has 2 fully saturated rings. The van der Waals surface area contributed by atoms with Crippen LogP contribution in [0.15, 0.2) is 0 Å². The van der Waals surface area contributed by atoms with Crippen LogP contribution < -0.4 is 5.32 Å². The Morgan fingerprint density at radius 3 is 2.71 bits per heavy atom. The molecule has 1 saturated heterocycles. The van der Waals surface area contributed by atoms with Gasteiger partial charge in [0, 0.05) is 25.7 Å². The van der Waals surface area contributed by atoms with E-state index < -0.39 is 12.0 Å². The Bertz CT molecular complexity index is 400. The molecule has 3 unspecified atom stereocenters. The number of aliphatic carboxylic acids is 1. The van der Waals surface area contributed by atoms with E-state index in [0.29, 0.717) is 25.0 Å². The summed E-state index contributed by atoms with van der Waals surface area (Å²) in [5.41, 5.74) is 0. The molecule has 2 amide bonds. The van der Waals surface area contributed by atoms with Crippen LogP contribution in [-0.4, -0.2) is 65.7 Å². The van der Waals surface area contributed by atoms with E-state index in [9.17, 15) is 14.7 Å². The molecule has 21 heavy (non-hydrogen) atoms. The van der Waals surface area contributed by atoms with Crippen molar-refractivity contribution in [2.75, 3.05) is 26.7 Å². The van der Waals surface area contributed by atoms with Crippen molar-refractivity contribution in [3.05, 3.63) is 0 Å². The van der Waals surface area contributed by atoms with Crippen LogP contribution in [0.4, 0.5) is 4.79 Å². The van der Waals surface area contributed by atoms with Crippen molar-refractivity contribution in [2.24, 2.45) is 11.8 Å². The highest BCUT2D eigenvalue weighted by atomic mass is 16.4. The molecule has 6 heteroatoms. The summed E-state index contributed by atoms with van der Waals surface area (Å²) in [5, 5.41) is 12.3. The van der Waals surface area contributed by atoms with Crippen LogP contribution in [0.1, 0.15) is 33.1 Å². The van der Waals surface area contributed by atoms with Crippen molar-refractivity contribution in [1.29, 1.82) is 0 Å². The number of likely N-dealkylation sites (tertiary alicyclic amines) is 1. The minimum absolute atomic E-state index is 0.145. The highest BCUT2D eigenvalue weighted by molar-refractivity contribution is 5.83. The first-order valence-electron chi connectivity index (χ1n) is 7.89. The Hall–Kier alpha value is -1.30. The molecule has 2 N–H and O–H groups in total. The molecule has 1 aliphatic carbocycles. The standard InChI is InChI=1S/C15H27N3O3/c1-10(2)17(3)8-7-16-15(21)18-9-11-5-4-6-12(11)13(18)14(19)20/h10-13H,4-9H2,1-3H3,(H,16,21)(H,19,20). The van der Waals surface area contributed by atoms with Crippen molar-refractivity contribution in [2.45, 2.75) is 45.2 Å². The smallest absolute Gasteiger partial charge is 0.326 e. The summed E-state index contributed by atoms with van der Waals surface area (Å²) in [6.07, 6.45) is 3.07. The minimum atomic E-state index is -0.862. The number of urea groups is 1. The first kappa shape index (κ1) is 16.1. The number of nitrogens with one attached hydrogen (secondary N) is 1. The number of hydrogen-bond acceptors (Lipinski definition) is 3. The fraction of sp³-hybridized carbons (Fsp3) is 0.867. The highest BCUT2D eigenvalue weighted by Crippen LogP contribution is 2.42. The molecule has 6 nitrogen and oxygen atoms in total. The maximum Gasteiger partial charge on any atom is 0.326 e. The third-order valence-corrected chi connectivity index (χ3v) is 5.03. The van der Waals surface area contributed by atoms with Gasteiger partial charge in [-0.2, -0.15) is 0 Å². The molecule has 1 heterocycles. The van der Waals surface area contributed by atoms with Crippen molar-refractivity contribution in [1.82, 2.24) is 15.1 Å².